The highest BCUT2D eigenvalue weighted by atomic mass is 31.2. The molecule has 13 nitrogen and oxygen atoms in total. The summed E-state index contributed by atoms with van der Waals surface area (Å²) in [6.45, 7) is -0.467. The lowest BCUT2D eigenvalue weighted by Gasteiger charge is -2.27. The summed E-state index contributed by atoms with van der Waals surface area (Å²) in [4.78, 5) is 38.3. The molecule has 4 atom stereocenters. The van der Waals surface area contributed by atoms with E-state index < -0.39 is 44.7 Å². The third kappa shape index (κ3) is 3.35. The summed E-state index contributed by atoms with van der Waals surface area (Å²) in [5, 5.41) is 20.3. The Bertz CT molecular complexity index is 767. The molecule has 1 aromatic heterocycles. The molecule has 3 rings (SSSR count). The van der Waals surface area contributed by atoms with Crippen LogP contribution in [0, 0.1) is 0 Å². The minimum atomic E-state index is -4.75. The molecule has 140 valence electrons. The lowest BCUT2D eigenvalue weighted by molar-refractivity contribution is -0.0218. The maximum atomic E-state index is 11.6. The van der Waals surface area contributed by atoms with Crippen molar-refractivity contribution in [3.8, 4) is 0 Å². The largest absolute Gasteiger partial charge is 0.469 e. The number of ether oxygens (including phenoxy) is 1. The minimum Gasteiger partial charge on any atom is -0.387 e. The zero-order valence-corrected chi connectivity index (χ0v) is 13.9. The zero-order valence-electron chi connectivity index (χ0n) is 13.0. The third-order valence-corrected chi connectivity index (χ3v) is 4.47. The Hall–Kier alpha value is -1.73. The minimum absolute atomic E-state index is 0.0921. The van der Waals surface area contributed by atoms with Crippen LogP contribution in [0.1, 0.15) is 0 Å². The molecule has 0 spiro atoms. The van der Waals surface area contributed by atoms with Gasteiger partial charge >= 0.3 is 13.5 Å². The lowest BCUT2D eigenvalue weighted by atomic mass is 10.1. The summed E-state index contributed by atoms with van der Waals surface area (Å²) < 4.78 is 20.6. The van der Waals surface area contributed by atoms with Crippen LogP contribution < -0.4 is 21.2 Å². The molecule has 1 aromatic rings. The molecule has 1 saturated heterocycles. The SMILES string of the molecule is CN1CN([C@@H]2O[C@H](COP(=O)(O)O)[C@@H](O)[C@H]2O)c2nc(=O)[nH]c(N)c21. The van der Waals surface area contributed by atoms with E-state index in [9.17, 15) is 19.6 Å². The Morgan fingerprint density at radius 2 is 2.12 bits per heavy atom. The van der Waals surface area contributed by atoms with Gasteiger partial charge in [0.1, 0.15) is 29.8 Å². The van der Waals surface area contributed by atoms with Crippen molar-refractivity contribution in [3.05, 3.63) is 10.5 Å². The van der Waals surface area contributed by atoms with Crippen LogP contribution in [0.5, 0.6) is 0 Å². The standard InChI is InChI=1S/C11H18N5O8P/c1-15-3-16(9-5(15)8(12)13-11(19)14-9)10-7(18)6(17)4(24-10)2-23-25(20,21)22/h4,6-7,10,17-18H,2-3H2,1H3,(H2,20,21,22)(H3,12,13,14,19)/t4-,6-,7-,10-/m1/s1. The van der Waals surface area contributed by atoms with Gasteiger partial charge in [0.25, 0.3) is 0 Å². The monoisotopic (exact) mass is 379 g/mol. The van der Waals surface area contributed by atoms with Gasteiger partial charge in [0.05, 0.1) is 13.3 Å². The van der Waals surface area contributed by atoms with Crippen LogP contribution in [-0.2, 0) is 13.8 Å². The van der Waals surface area contributed by atoms with Gasteiger partial charge < -0.3 is 40.3 Å². The Labute approximate surface area is 140 Å². The molecule has 0 unspecified atom stereocenters. The number of anilines is 3. The predicted octanol–water partition coefficient (Wildman–Crippen LogP) is -2.88. The molecule has 14 heteroatoms. The molecule has 3 heterocycles. The maximum absolute atomic E-state index is 11.6. The fourth-order valence-corrected chi connectivity index (χ4v) is 3.25. The van der Waals surface area contributed by atoms with E-state index in [4.69, 9.17) is 20.3 Å². The number of nitrogens with two attached hydrogens (primary N) is 1. The fraction of sp³-hybridized carbons (Fsp3) is 0.636. The van der Waals surface area contributed by atoms with Gasteiger partial charge in [-0.05, 0) is 0 Å². The first-order valence-corrected chi connectivity index (χ1v) is 8.71. The number of fused-ring (bicyclic) bond motifs is 1. The molecule has 0 amide bonds. The number of phosphoric ester groups is 1. The van der Waals surface area contributed by atoms with Gasteiger partial charge in [-0.1, -0.05) is 0 Å². The zero-order chi connectivity index (χ0) is 18.5. The number of aliphatic hydroxyl groups is 2. The summed E-state index contributed by atoms with van der Waals surface area (Å²) in [5.41, 5.74) is 5.53. The second-order valence-electron chi connectivity index (χ2n) is 5.77. The second kappa shape index (κ2) is 6.21. The van der Waals surface area contributed by atoms with Gasteiger partial charge in [-0.3, -0.25) is 9.51 Å². The number of nitrogens with one attached hydrogen (secondary N) is 1. The summed E-state index contributed by atoms with van der Waals surface area (Å²) in [6, 6.07) is 0. The molecule has 0 radical (unpaired) electrons. The Morgan fingerprint density at radius 3 is 2.76 bits per heavy atom. The van der Waals surface area contributed by atoms with Crippen molar-refractivity contribution in [2.45, 2.75) is 24.5 Å². The number of aromatic amines is 1. The molecule has 2 aliphatic heterocycles. The van der Waals surface area contributed by atoms with Crippen LogP contribution in [0.3, 0.4) is 0 Å². The number of aromatic nitrogens is 2. The molecule has 1 fully saturated rings. The quantitative estimate of drug-likeness (QED) is 0.293. The summed E-state index contributed by atoms with van der Waals surface area (Å²) >= 11 is 0. The van der Waals surface area contributed by atoms with Crippen LogP contribution in [0.4, 0.5) is 17.3 Å². The number of nitrogen functional groups attached to an aromatic ring is 1. The van der Waals surface area contributed by atoms with Crippen molar-refractivity contribution in [3.63, 3.8) is 0 Å². The van der Waals surface area contributed by atoms with Crippen molar-refractivity contribution >= 4 is 25.1 Å². The first-order chi connectivity index (χ1) is 11.6. The Balaban J connectivity index is 1.84. The molecular weight excluding hydrogens is 361 g/mol. The molecule has 25 heavy (non-hydrogen) atoms. The molecule has 2 aliphatic rings. The van der Waals surface area contributed by atoms with Crippen molar-refractivity contribution in [1.82, 2.24) is 9.97 Å². The van der Waals surface area contributed by atoms with Gasteiger partial charge in [0.15, 0.2) is 12.0 Å². The van der Waals surface area contributed by atoms with Gasteiger partial charge in [-0.25, -0.2) is 9.36 Å². The number of rotatable bonds is 4. The van der Waals surface area contributed by atoms with E-state index in [1.54, 1.807) is 11.9 Å². The van der Waals surface area contributed by atoms with E-state index in [0.717, 1.165) is 0 Å². The van der Waals surface area contributed by atoms with Crippen molar-refractivity contribution in [2.75, 3.05) is 35.9 Å². The maximum Gasteiger partial charge on any atom is 0.469 e. The van der Waals surface area contributed by atoms with E-state index in [-0.39, 0.29) is 18.3 Å². The van der Waals surface area contributed by atoms with E-state index in [1.807, 2.05) is 0 Å². The Morgan fingerprint density at radius 1 is 1.44 bits per heavy atom. The smallest absolute Gasteiger partial charge is 0.387 e. The first-order valence-electron chi connectivity index (χ1n) is 7.17. The van der Waals surface area contributed by atoms with Crippen molar-refractivity contribution in [2.24, 2.45) is 0 Å². The summed E-state index contributed by atoms with van der Waals surface area (Å²) in [5.74, 6) is 0.256. The van der Waals surface area contributed by atoms with Crippen LogP contribution in [0.15, 0.2) is 4.79 Å². The van der Waals surface area contributed by atoms with E-state index in [1.165, 1.54) is 4.90 Å². The average molecular weight is 379 g/mol. The second-order valence-corrected chi connectivity index (χ2v) is 7.01. The fourth-order valence-electron chi connectivity index (χ4n) is 2.91. The van der Waals surface area contributed by atoms with Gasteiger partial charge in [0, 0.05) is 7.05 Å². The van der Waals surface area contributed by atoms with Gasteiger partial charge in [-0.15, -0.1) is 0 Å². The number of aliphatic hydroxyl groups excluding tert-OH is 2. The Kier molecular flexibility index (Phi) is 4.49. The summed E-state index contributed by atoms with van der Waals surface area (Å²) in [7, 11) is -3.07. The molecule has 0 aromatic carbocycles. The highest BCUT2D eigenvalue weighted by molar-refractivity contribution is 7.46. The predicted molar refractivity (Wildman–Crippen MR) is 83.7 cm³/mol. The average Bonchev–Trinajstić information content (AvgIpc) is 2.95. The van der Waals surface area contributed by atoms with E-state index in [2.05, 4.69) is 14.5 Å². The van der Waals surface area contributed by atoms with Crippen LogP contribution in [0.2, 0.25) is 0 Å². The van der Waals surface area contributed by atoms with Crippen LogP contribution in [0.25, 0.3) is 0 Å². The van der Waals surface area contributed by atoms with Crippen molar-refractivity contribution in [1.29, 1.82) is 0 Å². The number of hydrogen-bond acceptors (Lipinski definition) is 10. The molecule has 0 aliphatic carbocycles. The molecule has 7 N–H and O–H groups in total. The third-order valence-electron chi connectivity index (χ3n) is 3.99. The number of H-pyrrole nitrogens is 1. The number of phosphoric acid groups is 1. The topological polar surface area (TPSA) is 195 Å². The normalized spacial score (nSPS) is 29.3. The van der Waals surface area contributed by atoms with Crippen molar-refractivity contribution < 1.29 is 33.8 Å². The number of hydrogen-bond donors (Lipinski definition) is 6. The highest BCUT2D eigenvalue weighted by Gasteiger charge is 2.49. The van der Waals surface area contributed by atoms with E-state index >= 15 is 0 Å². The summed E-state index contributed by atoms with van der Waals surface area (Å²) in [6.07, 6.45) is -5.17. The number of nitrogens with zero attached hydrogens (tertiary/aromatic N) is 3. The molecule has 0 bridgehead atoms. The van der Waals surface area contributed by atoms with Crippen LogP contribution in [-0.4, -0.2) is 74.8 Å². The van der Waals surface area contributed by atoms with Gasteiger partial charge in [-0.2, -0.15) is 4.98 Å². The van der Waals surface area contributed by atoms with Crippen LogP contribution >= 0.6 is 7.82 Å². The van der Waals surface area contributed by atoms with Gasteiger partial charge in [0.2, 0.25) is 0 Å². The molecule has 0 saturated carbocycles. The lowest BCUT2D eigenvalue weighted by Crippen LogP contribution is -2.45. The highest BCUT2D eigenvalue weighted by Crippen LogP contribution is 2.41. The molecular formula is C11H18N5O8P. The first kappa shape index (κ1) is 18.1. The van der Waals surface area contributed by atoms with E-state index in [0.29, 0.717) is 5.69 Å².